The molecular weight excluding hydrogens is 296 g/mol. The van der Waals surface area contributed by atoms with E-state index in [4.69, 9.17) is 4.84 Å². The van der Waals surface area contributed by atoms with E-state index in [1.807, 2.05) is 30.3 Å². The van der Waals surface area contributed by atoms with Crippen LogP contribution in [0.5, 0.6) is 0 Å². The van der Waals surface area contributed by atoms with Crippen molar-refractivity contribution in [1.82, 2.24) is 20.5 Å². The Labute approximate surface area is 131 Å². The fourth-order valence-electron chi connectivity index (χ4n) is 2.07. The van der Waals surface area contributed by atoms with Gasteiger partial charge in [0, 0.05) is 0 Å². The van der Waals surface area contributed by atoms with E-state index in [1.54, 1.807) is 24.3 Å². The predicted octanol–water partition coefficient (Wildman–Crippen LogP) is 1.04. The lowest BCUT2D eigenvalue weighted by molar-refractivity contribution is -0.135. The summed E-state index contributed by atoms with van der Waals surface area (Å²) >= 11 is 0. The molecular formula is C16H14N4O3. The first-order chi connectivity index (χ1) is 11.2. The molecule has 7 nitrogen and oxygen atoms in total. The van der Waals surface area contributed by atoms with E-state index >= 15 is 0 Å². The van der Waals surface area contributed by atoms with Crippen LogP contribution in [-0.2, 0) is 22.8 Å². The fraction of sp³-hybridized carbons (Fsp3) is 0.125. The van der Waals surface area contributed by atoms with Crippen LogP contribution in [0.25, 0.3) is 10.9 Å². The van der Waals surface area contributed by atoms with E-state index in [0.29, 0.717) is 10.9 Å². The predicted molar refractivity (Wildman–Crippen MR) is 83.2 cm³/mol. The number of hydroxylamine groups is 1. The zero-order chi connectivity index (χ0) is 16.1. The van der Waals surface area contributed by atoms with Gasteiger partial charge in [0.2, 0.25) is 0 Å². The highest BCUT2D eigenvalue weighted by Crippen LogP contribution is 2.03. The average molecular weight is 310 g/mol. The van der Waals surface area contributed by atoms with Gasteiger partial charge in [-0.2, -0.15) is 0 Å². The number of nitrogens with zero attached hydrogens (tertiary/aromatic N) is 3. The zero-order valence-electron chi connectivity index (χ0n) is 12.2. The summed E-state index contributed by atoms with van der Waals surface area (Å²) in [6, 6.07) is 16.3. The molecule has 0 bridgehead atoms. The number of carbonyl (C=O) groups excluding carboxylic acids is 1. The van der Waals surface area contributed by atoms with Crippen molar-refractivity contribution < 1.29 is 9.63 Å². The Morgan fingerprint density at radius 1 is 1.09 bits per heavy atom. The maximum Gasteiger partial charge on any atom is 0.278 e. The molecule has 0 spiro atoms. The number of benzene rings is 2. The van der Waals surface area contributed by atoms with Crippen molar-refractivity contribution in [2.75, 3.05) is 0 Å². The first-order valence-corrected chi connectivity index (χ1v) is 7.01. The minimum atomic E-state index is -0.479. The van der Waals surface area contributed by atoms with E-state index in [2.05, 4.69) is 15.8 Å². The normalized spacial score (nSPS) is 10.6. The lowest BCUT2D eigenvalue weighted by Crippen LogP contribution is -2.34. The molecule has 0 aliphatic heterocycles. The minimum Gasteiger partial charge on any atom is -0.271 e. The Morgan fingerprint density at radius 2 is 1.83 bits per heavy atom. The van der Waals surface area contributed by atoms with Gasteiger partial charge in [0.25, 0.3) is 11.5 Å². The molecule has 0 saturated heterocycles. The smallest absolute Gasteiger partial charge is 0.271 e. The number of nitrogens with one attached hydrogen (secondary N) is 1. The molecule has 116 valence electrons. The number of amides is 1. The van der Waals surface area contributed by atoms with Crippen molar-refractivity contribution in [2.24, 2.45) is 0 Å². The average Bonchev–Trinajstić information content (AvgIpc) is 2.59. The standard InChI is InChI=1S/C16H14N4O3/c21-15(18-23-11-12-6-2-1-3-7-12)10-20-16(22)13-8-4-5-9-14(13)17-19-20/h1-9H,10-11H2,(H,18,21). The lowest BCUT2D eigenvalue weighted by atomic mass is 10.2. The molecule has 1 aromatic heterocycles. The highest BCUT2D eigenvalue weighted by molar-refractivity contribution is 5.77. The van der Waals surface area contributed by atoms with Gasteiger partial charge in [-0.1, -0.05) is 47.7 Å². The Morgan fingerprint density at radius 3 is 2.65 bits per heavy atom. The molecule has 0 fully saturated rings. The maximum absolute atomic E-state index is 12.2. The van der Waals surface area contributed by atoms with E-state index in [1.165, 1.54) is 0 Å². The third kappa shape index (κ3) is 3.58. The molecule has 0 aliphatic rings. The van der Waals surface area contributed by atoms with Gasteiger partial charge in [-0.25, -0.2) is 10.2 Å². The van der Waals surface area contributed by atoms with Crippen LogP contribution in [0.4, 0.5) is 0 Å². The van der Waals surface area contributed by atoms with Crippen LogP contribution in [0.1, 0.15) is 5.56 Å². The Kier molecular flexibility index (Phi) is 4.39. The second-order valence-corrected chi connectivity index (χ2v) is 4.87. The second-order valence-electron chi connectivity index (χ2n) is 4.87. The number of hydrogen-bond acceptors (Lipinski definition) is 5. The van der Waals surface area contributed by atoms with E-state index in [-0.39, 0.29) is 18.7 Å². The molecule has 1 heterocycles. The summed E-state index contributed by atoms with van der Waals surface area (Å²) in [7, 11) is 0. The molecule has 7 heteroatoms. The van der Waals surface area contributed by atoms with Crippen LogP contribution in [0.3, 0.4) is 0 Å². The summed E-state index contributed by atoms with van der Waals surface area (Å²) in [5.41, 5.74) is 3.34. The zero-order valence-corrected chi connectivity index (χ0v) is 12.2. The molecule has 3 rings (SSSR count). The molecule has 0 atom stereocenters. The highest BCUT2D eigenvalue weighted by Gasteiger charge is 2.09. The molecule has 1 amide bonds. The first-order valence-electron chi connectivity index (χ1n) is 7.01. The summed E-state index contributed by atoms with van der Waals surface area (Å²) in [5, 5.41) is 8.08. The van der Waals surface area contributed by atoms with Crippen LogP contribution < -0.4 is 11.0 Å². The third-order valence-corrected chi connectivity index (χ3v) is 3.19. The van der Waals surface area contributed by atoms with Crippen LogP contribution in [0.15, 0.2) is 59.4 Å². The number of aromatic nitrogens is 3. The van der Waals surface area contributed by atoms with Gasteiger partial charge in [-0.3, -0.25) is 14.4 Å². The van der Waals surface area contributed by atoms with Gasteiger partial charge in [-0.15, -0.1) is 5.10 Å². The highest BCUT2D eigenvalue weighted by atomic mass is 16.6. The molecule has 0 saturated carbocycles. The third-order valence-electron chi connectivity index (χ3n) is 3.19. The van der Waals surface area contributed by atoms with Gasteiger partial charge in [0.1, 0.15) is 12.1 Å². The Hall–Kier alpha value is -3.06. The molecule has 3 aromatic rings. The van der Waals surface area contributed by atoms with E-state index < -0.39 is 5.91 Å². The van der Waals surface area contributed by atoms with Crippen molar-refractivity contribution in [2.45, 2.75) is 13.2 Å². The Balaban J connectivity index is 1.62. The molecule has 0 radical (unpaired) electrons. The van der Waals surface area contributed by atoms with E-state index in [9.17, 15) is 9.59 Å². The van der Waals surface area contributed by atoms with Crippen LogP contribution in [0.2, 0.25) is 0 Å². The van der Waals surface area contributed by atoms with Gasteiger partial charge in [0.15, 0.2) is 0 Å². The molecule has 0 aliphatic carbocycles. The quantitative estimate of drug-likeness (QED) is 0.712. The van der Waals surface area contributed by atoms with Crippen molar-refractivity contribution in [3.8, 4) is 0 Å². The van der Waals surface area contributed by atoms with Crippen molar-refractivity contribution >= 4 is 16.8 Å². The topological polar surface area (TPSA) is 86.1 Å². The second kappa shape index (κ2) is 6.80. The van der Waals surface area contributed by atoms with Gasteiger partial charge in [-0.05, 0) is 17.7 Å². The van der Waals surface area contributed by atoms with Crippen molar-refractivity contribution in [1.29, 1.82) is 0 Å². The summed E-state index contributed by atoms with van der Waals surface area (Å²) in [6.45, 7) is -0.0175. The SMILES string of the molecule is O=C(Cn1nnc2ccccc2c1=O)NOCc1ccccc1. The Bertz CT molecular complexity index is 877. The molecule has 23 heavy (non-hydrogen) atoms. The fourth-order valence-corrected chi connectivity index (χ4v) is 2.07. The van der Waals surface area contributed by atoms with Crippen LogP contribution in [-0.4, -0.2) is 20.9 Å². The van der Waals surface area contributed by atoms with Crippen LogP contribution in [0, 0.1) is 0 Å². The van der Waals surface area contributed by atoms with Gasteiger partial charge >= 0.3 is 0 Å². The summed E-state index contributed by atoms with van der Waals surface area (Å²) in [4.78, 5) is 29.1. The molecule has 1 N–H and O–H groups in total. The number of carbonyl (C=O) groups is 1. The first kappa shape index (κ1) is 14.9. The number of hydrogen-bond donors (Lipinski definition) is 1. The van der Waals surface area contributed by atoms with Gasteiger partial charge in [0.05, 0.1) is 12.0 Å². The van der Waals surface area contributed by atoms with Crippen molar-refractivity contribution in [3.63, 3.8) is 0 Å². The summed E-state index contributed by atoms with van der Waals surface area (Å²) < 4.78 is 1.00. The van der Waals surface area contributed by atoms with Crippen molar-refractivity contribution in [3.05, 3.63) is 70.5 Å². The lowest BCUT2D eigenvalue weighted by Gasteiger charge is -2.07. The van der Waals surface area contributed by atoms with Crippen LogP contribution >= 0.6 is 0 Å². The molecule has 2 aromatic carbocycles. The maximum atomic E-state index is 12.2. The monoisotopic (exact) mass is 310 g/mol. The number of rotatable bonds is 5. The van der Waals surface area contributed by atoms with E-state index in [0.717, 1.165) is 10.2 Å². The van der Waals surface area contributed by atoms with Gasteiger partial charge < -0.3 is 0 Å². The summed E-state index contributed by atoms with van der Waals surface area (Å²) in [6.07, 6.45) is 0. The summed E-state index contributed by atoms with van der Waals surface area (Å²) in [5.74, 6) is -0.479. The minimum absolute atomic E-state index is 0.241. The number of fused-ring (bicyclic) bond motifs is 1. The largest absolute Gasteiger partial charge is 0.278 e. The molecule has 0 unspecified atom stereocenters.